The van der Waals surface area contributed by atoms with Crippen molar-refractivity contribution in [3.63, 3.8) is 0 Å². The lowest BCUT2D eigenvalue weighted by atomic mass is 10.1. The molecule has 0 amide bonds. The van der Waals surface area contributed by atoms with Crippen molar-refractivity contribution in [2.24, 2.45) is 10.9 Å². The van der Waals surface area contributed by atoms with Crippen molar-refractivity contribution in [1.29, 1.82) is 0 Å². The Morgan fingerprint density at radius 3 is 2.76 bits per heavy atom. The molecule has 0 aromatic carbocycles. The second kappa shape index (κ2) is 7.16. The number of piperidine rings is 1. The van der Waals surface area contributed by atoms with Gasteiger partial charge in [0.25, 0.3) is 0 Å². The lowest BCUT2D eigenvalue weighted by Gasteiger charge is -2.33. The Kier molecular flexibility index (Phi) is 5.01. The largest absolute Gasteiger partial charge is 0.363 e. The molecule has 21 heavy (non-hydrogen) atoms. The number of rotatable bonds is 5. The summed E-state index contributed by atoms with van der Waals surface area (Å²) in [7, 11) is 0. The van der Waals surface area contributed by atoms with Crippen LogP contribution in [0.25, 0.3) is 0 Å². The number of hydrogen-bond donors (Lipinski definition) is 2. The van der Waals surface area contributed by atoms with Gasteiger partial charge in [-0.15, -0.1) is 11.3 Å². The van der Waals surface area contributed by atoms with E-state index in [9.17, 15) is 0 Å². The second-order valence-electron chi connectivity index (χ2n) is 6.02. The highest BCUT2D eigenvalue weighted by atomic mass is 32.1. The summed E-state index contributed by atoms with van der Waals surface area (Å²) in [6.07, 6.45) is 5.10. The van der Waals surface area contributed by atoms with E-state index in [-0.39, 0.29) is 0 Å². The first-order valence-corrected chi connectivity index (χ1v) is 9.06. The van der Waals surface area contributed by atoms with Crippen LogP contribution in [-0.2, 0) is 0 Å². The van der Waals surface area contributed by atoms with Crippen LogP contribution < -0.4 is 15.5 Å². The Hall–Kier alpha value is -1.23. The minimum Gasteiger partial charge on any atom is -0.363 e. The van der Waals surface area contributed by atoms with Crippen molar-refractivity contribution in [2.45, 2.75) is 38.6 Å². The zero-order valence-electron chi connectivity index (χ0n) is 12.8. The van der Waals surface area contributed by atoms with E-state index in [0.717, 1.165) is 38.1 Å². The number of thiophene rings is 1. The van der Waals surface area contributed by atoms with E-state index in [1.807, 2.05) is 11.3 Å². The molecule has 1 aromatic rings. The van der Waals surface area contributed by atoms with E-state index in [0.29, 0.717) is 6.04 Å². The topological polar surface area (TPSA) is 39.7 Å². The molecule has 1 aliphatic heterocycles. The molecule has 0 atom stereocenters. The van der Waals surface area contributed by atoms with E-state index < -0.39 is 0 Å². The molecule has 1 aliphatic carbocycles. The van der Waals surface area contributed by atoms with Gasteiger partial charge in [-0.25, -0.2) is 0 Å². The summed E-state index contributed by atoms with van der Waals surface area (Å²) in [6.45, 7) is 6.34. The minimum absolute atomic E-state index is 0.554. The van der Waals surface area contributed by atoms with Gasteiger partial charge < -0.3 is 15.5 Å². The zero-order chi connectivity index (χ0) is 14.5. The van der Waals surface area contributed by atoms with Gasteiger partial charge in [0.05, 0.1) is 5.00 Å². The molecular weight excluding hydrogens is 280 g/mol. The van der Waals surface area contributed by atoms with Gasteiger partial charge in [-0.1, -0.05) is 0 Å². The van der Waals surface area contributed by atoms with E-state index in [2.05, 4.69) is 40.0 Å². The van der Waals surface area contributed by atoms with Gasteiger partial charge in [-0.05, 0) is 56.0 Å². The Balaban J connectivity index is 1.47. The van der Waals surface area contributed by atoms with Gasteiger partial charge in [0.2, 0.25) is 0 Å². The Labute approximate surface area is 131 Å². The molecular formula is C16H26N4S. The molecule has 2 aliphatic rings. The van der Waals surface area contributed by atoms with Crippen molar-refractivity contribution in [2.75, 3.05) is 31.1 Å². The Morgan fingerprint density at radius 1 is 1.33 bits per heavy atom. The molecule has 0 spiro atoms. The summed E-state index contributed by atoms with van der Waals surface area (Å²) in [5.41, 5.74) is 0. The van der Waals surface area contributed by atoms with E-state index in [1.54, 1.807) is 0 Å². The van der Waals surface area contributed by atoms with Crippen LogP contribution in [0.3, 0.4) is 0 Å². The lowest BCUT2D eigenvalue weighted by molar-refractivity contribution is 0.462. The molecule has 2 fully saturated rings. The standard InChI is InChI=1S/C16H26N4S/c1-2-17-16(18-12-13-5-6-13)19-14-7-9-20(10-8-14)15-4-3-11-21-15/h3-4,11,13-14H,2,5-10,12H2,1H3,(H2,17,18,19). The summed E-state index contributed by atoms with van der Waals surface area (Å²) in [4.78, 5) is 7.22. The summed E-state index contributed by atoms with van der Waals surface area (Å²) < 4.78 is 0. The third-order valence-electron chi connectivity index (χ3n) is 4.20. The van der Waals surface area contributed by atoms with E-state index >= 15 is 0 Å². The summed E-state index contributed by atoms with van der Waals surface area (Å²) in [5.74, 6) is 1.86. The van der Waals surface area contributed by atoms with Gasteiger partial charge in [0.1, 0.15) is 0 Å². The van der Waals surface area contributed by atoms with Crippen LogP contribution in [0.1, 0.15) is 32.6 Å². The number of hydrogen-bond acceptors (Lipinski definition) is 3. The Morgan fingerprint density at radius 2 is 2.14 bits per heavy atom. The molecule has 2 heterocycles. The quantitative estimate of drug-likeness (QED) is 0.649. The molecule has 5 heteroatoms. The molecule has 1 aromatic heterocycles. The lowest BCUT2D eigenvalue weighted by Crippen LogP contribution is -2.48. The predicted molar refractivity (Wildman–Crippen MR) is 91.4 cm³/mol. The number of nitrogens with zero attached hydrogens (tertiary/aromatic N) is 2. The van der Waals surface area contributed by atoms with Crippen molar-refractivity contribution >= 4 is 22.3 Å². The van der Waals surface area contributed by atoms with Crippen LogP contribution >= 0.6 is 11.3 Å². The normalized spacial score (nSPS) is 20.6. The summed E-state index contributed by atoms with van der Waals surface area (Å²) in [6, 6.07) is 4.91. The van der Waals surface area contributed by atoms with Crippen LogP contribution in [0.2, 0.25) is 0 Å². The zero-order valence-corrected chi connectivity index (χ0v) is 13.7. The third-order valence-corrected chi connectivity index (χ3v) is 5.13. The van der Waals surface area contributed by atoms with E-state index in [1.165, 1.54) is 30.7 Å². The SMILES string of the molecule is CCNC(=NCC1CC1)NC1CCN(c2cccs2)CC1. The highest BCUT2D eigenvalue weighted by Crippen LogP contribution is 2.28. The smallest absolute Gasteiger partial charge is 0.191 e. The number of anilines is 1. The molecule has 0 unspecified atom stereocenters. The number of aliphatic imine (C=N–C) groups is 1. The van der Waals surface area contributed by atoms with Crippen LogP contribution in [0.15, 0.2) is 22.5 Å². The minimum atomic E-state index is 0.554. The van der Waals surface area contributed by atoms with Crippen LogP contribution in [0.5, 0.6) is 0 Å². The second-order valence-corrected chi connectivity index (χ2v) is 6.95. The molecule has 3 rings (SSSR count). The molecule has 0 radical (unpaired) electrons. The van der Waals surface area contributed by atoms with Crippen LogP contribution in [-0.4, -0.2) is 38.2 Å². The number of nitrogens with one attached hydrogen (secondary N) is 2. The van der Waals surface area contributed by atoms with Crippen LogP contribution in [0.4, 0.5) is 5.00 Å². The van der Waals surface area contributed by atoms with E-state index in [4.69, 9.17) is 4.99 Å². The number of guanidine groups is 1. The maximum absolute atomic E-state index is 4.72. The first-order valence-electron chi connectivity index (χ1n) is 8.18. The Bertz CT molecular complexity index is 445. The molecule has 4 nitrogen and oxygen atoms in total. The first-order chi connectivity index (χ1) is 10.3. The van der Waals surface area contributed by atoms with Gasteiger partial charge in [-0.2, -0.15) is 0 Å². The molecule has 2 N–H and O–H groups in total. The van der Waals surface area contributed by atoms with Gasteiger partial charge in [0.15, 0.2) is 5.96 Å². The monoisotopic (exact) mass is 306 g/mol. The highest BCUT2D eigenvalue weighted by Gasteiger charge is 2.22. The van der Waals surface area contributed by atoms with Crippen molar-refractivity contribution in [3.8, 4) is 0 Å². The average Bonchev–Trinajstić information content (AvgIpc) is 3.18. The third kappa shape index (κ3) is 4.37. The van der Waals surface area contributed by atoms with Gasteiger partial charge in [-0.3, -0.25) is 4.99 Å². The maximum Gasteiger partial charge on any atom is 0.191 e. The first kappa shape index (κ1) is 14.7. The van der Waals surface area contributed by atoms with Crippen molar-refractivity contribution in [3.05, 3.63) is 17.5 Å². The fraction of sp³-hybridized carbons (Fsp3) is 0.688. The molecule has 0 bridgehead atoms. The van der Waals surface area contributed by atoms with Crippen LogP contribution in [0, 0.1) is 5.92 Å². The van der Waals surface area contributed by atoms with Gasteiger partial charge in [0, 0.05) is 32.2 Å². The fourth-order valence-electron chi connectivity index (χ4n) is 2.73. The summed E-state index contributed by atoms with van der Waals surface area (Å²) in [5, 5.41) is 10.6. The molecule has 1 saturated carbocycles. The van der Waals surface area contributed by atoms with Crippen molar-refractivity contribution in [1.82, 2.24) is 10.6 Å². The van der Waals surface area contributed by atoms with Gasteiger partial charge >= 0.3 is 0 Å². The fourth-order valence-corrected chi connectivity index (χ4v) is 3.51. The molecule has 116 valence electrons. The van der Waals surface area contributed by atoms with Crippen molar-refractivity contribution < 1.29 is 0 Å². The maximum atomic E-state index is 4.72. The average molecular weight is 306 g/mol. The predicted octanol–water partition coefficient (Wildman–Crippen LogP) is 2.68. The molecule has 1 saturated heterocycles. The summed E-state index contributed by atoms with van der Waals surface area (Å²) >= 11 is 1.84. The highest BCUT2D eigenvalue weighted by molar-refractivity contribution is 7.14.